The van der Waals surface area contributed by atoms with Crippen LogP contribution in [-0.4, -0.2) is 83.6 Å². The summed E-state index contributed by atoms with van der Waals surface area (Å²) in [7, 11) is -1.89. The van der Waals surface area contributed by atoms with Crippen LogP contribution in [0.25, 0.3) is 11.0 Å². The Morgan fingerprint density at radius 3 is 2.81 bits per heavy atom. The molecule has 2 aromatic rings. The molecule has 2 unspecified atom stereocenters. The molecule has 0 bridgehead atoms. The van der Waals surface area contributed by atoms with Gasteiger partial charge in [-0.1, -0.05) is 0 Å². The van der Waals surface area contributed by atoms with Crippen molar-refractivity contribution < 1.29 is 27.2 Å². The van der Waals surface area contributed by atoms with Crippen molar-refractivity contribution in [2.24, 2.45) is 0 Å². The summed E-state index contributed by atoms with van der Waals surface area (Å²) in [6.07, 6.45) is 5.05. The van der Waals surface area contributed by atoms with Crippen LogP contribution in [0, 0.1) is 0 Å². The predicted octanol–water partition coefficient (Wildman–Crippen LogP) is 0.337. The molecule has 3 aliphatic rings. The molecule has 1 N–H and O–H groups in total. The lowest BCUT2D eigenvalue weighted by molar-refractivity contribution is -0.151. The molecule has 170 valence electrons. The normalized spacial score (nSPS) is 26.3. The van der Waals surface area contributed by atoms with Gasteiger partial charge in [-0.2, -0.15) is 0 Å². The third-order valence-corrected chi connectivity index (χ3v) is 9.57. The minimum Gasteiger partial charge on any atom is -0.451 e. The van der Waals surface area contributed by atoms with Gasteiger partial charge in [0, 0.05) is 44.3 Å². The number of aromatic nitrogens is 1. The number of hydrogen-bond donors (Lipinski definition) is 1. The Balaban J connectivity index is 1.32. The first kappa shape index (κ1) is 20.9. The van der Waals surface area contributed by atoms with Gasteiger partial charge >= 0.3 is 0 Å². The molecular formula is C21H24N4O6S. The number of likely N-dealkylation sites (N-methyl/N-ethyl adjacent to an activating group) is 1. The van der Waals surface area contributed by atoms with E-state index in [1.807, 2.05) is 0 Å². The van der Waals surface area contributed by atoms with Crippen molar-refractivity contribution in [3.8, 4) is 0 Å². The van der Waals surface area contributed by atoms with Gasteiger partial charge in [0.2, 0.25) is 11.8 Å². The molecule has 10 nitrogen and oxygen atoms in total. The molecule has 3 amide bonds. The van der Waals surface area contributed by atoms with E-state index in [1.165, 1.54) is 9.80 Å². The van der Waals surface area contributed by atoms with Gasteiger partial charge in [-0.25, -0.2) is 8.42 Å². The van der Waals surface area contributed by atoms with Crippen molar-refractivity contribution in [1.29, 1.82) is 0 Å². The largest absolute Gasteiger partial charge is 0.451 e. The standard InChI is InChI=1S/C21H24N4O6S/c1-24-14(3-2-4-18(24)26)20(28)25-11-21(12-25)17(6-8-32(21,29)30)23-19(27)16-9-13-10-22-7-5-15(13)31-16/h5,7,9-10,14,17H,2-4,6,8,11-12H2,1H3,(H,23,27). The smallest absolute Gasteiger partial charge is 0.287 e. The van der Waals surface area contributed by atoms with E-state index >= 15 is 0 Å². The van der Waals surface area contributed by atoms with E-state index in [1.54, 1.807) is 31.6 Å². The van der Waals surface area contributed by atoms with E-state index in [9.17, 15) is 22.8 Å². The molecule has 3 fully saturated rings. The molecule has 1 spiro atoms. The fourth-order valence-electron chi connectivity index (χ4n) is 5.05. The summed E-state index contributed by atoms with van der Waals surface area (Å²) in [4.78, 5) is 44.7. The molecule has 0 aromatic carbocycles. The van der Waals surface area contributed by atoms with E-state index in [-0.39, 0.29) is 42.8 Å². The van der Waals surface area contributed by atoms with Gasteiger partial charge in [-0.05, 0) is 31.4 Å². The van der Waals surface area contributed by atoms with Crippen LogP contribution in [0.5, 0.6) is 0 Å². The van der Waals surface area contributed by atoms with Crippen molar-refractivity contribution in [2.75, 3.05) is 25.9 Å². The number of carbonyl (C=O) groups excluding carboxylic acids is 3. The summed E-state index contributed by atoms with van der Waals surface area (Å²) in [5.74, 6) is -0.772. The lowest BCUT2D eigenvalue weighted by atomic mass is 9.87. The van der Waals surface area contributed by atoms with E-state index in [0.717, 1.165) is 0 Å². The van der Waals surface area contributed by atoms with Crippen LogP contribution >= 0.6 is 0 Å². The molecule has 2 atom stereocenters. The number of sulfone groups is 1. The van der Waals surface area contributed by atoms with Gasteiger partial charge in [0.1, 0.15) is 16.4 Å². The predicted molar refractivity (Wildman–Crippen MR) is 113 cm³/mol. The summed E-state index contributed by atoms with van der Waals surface area (Å²) in [5.41, 5.74) is 0.519. The van der Waals surface area contributed by atoms with Gasteiger partial charge in [0.15, 0.2) is 15.6 Å². The monoisotopic (exact) mass is 460 g/mol. The molecule has 0 saturated carbocycles. The Morgan fingerprint density at radius 1 is 1.28 bits per heavy atom. The Bertz CT molecular complexity index is 1180. The van der Waals surface area contributed by atoms with Crippen LogP contribution in [0.2, 0.25) is 0 Å². The van der Waals surface area contributed by atoms with Crippen molar-refractivity contribution in [3.63, 3.8) is 0 Å². The SMILES string of the molecule is CN1C(=O)CCCC1C(=O)N1CC2(C1)C(NC(=O)c1cc3cnccc3o1)CCS2(=O)=O. The van der Waals surface area contributed by atoms with Crippen LogP contribution < -0.4 is 5.32 Å². The lowest BCUT2D eigenvalue weighted by Crippen LogP contribution is -2.74. The molecule has 5 heterocycles. The molecule has 32 heavy (non-hydrogen) atoms. The summed E-state index contributed by atoms with van der Waals surface area (Å²) < 4.78 is 30.2. The van der Waals surface area contributed by atoms with Gasteiger partial charge in [0.25, 0.3) is 5.91 Å². The van der Waals surface area contributed by atoms with Gasteiger partial charge in [-0.3, -0.25) is 19.4 Å². The first-order valence-electron chi connectivity index (χ1n) is 10.6. The third kappa shape index (κ3) is 3.09. The second-order valence-electron chi connectivity index (χ2n) is 8.83. The number of nitrogens with one attached hydrogen (secondary N) is 1. The minimum atomic E-state index is -3.50. The van der Waals surface area contributed by atoms with Gasteiger partial charge in [0.05, 0.1) is 11.8 Å². The summed E-state index contributed by atoms with van der Waals surface area (Å²) in [5, 5.41) is 3.50. The molecule has 5 rings (SSSR count). The van der Waals surface area contributed by atoms with E-state index in [4.69, 9.17) is 4.42 Å². The second kappa shape index (κ2) is 7.29. The molecule has 3 aliphatic heterocycles. The Kier molecular flexibility index (Phi) is 4.77. The Hall–Kier alpha value is -2.95. The number of piperidine rings is 1. The van der Waals surface area contributed by atoms with E-state index < -0.39 is 32.6 Å². The minimum absolute atomic E-state index is 0.0156. The average molecular weight is 461 g/mol. The Morgan fingerprint density at radius 2 is 2.06 bits per heavy atom. The number of fused-ring (bicyclic) bond motifs is 1. The highest BCUT2D eigenvalue weighted by atomic mass is 32.2. The second-order valence-corrected chi connectivity index (χ2v) is 11.3. The number of hydrogen-bond acceptors (Lipinski definition) is 7. The molecule has 2 aromatic heterocycles. The number of furan rings is 1. The van der Waals surface area contributed by atoms with Crippen LogP contribution in [0.4, 0.5) is 0 Å². The Labute approximate surface area is 184 Å². The van der Waals surface area contributed by atoms with E-state index in [0.29, 0.717) is 30.2 Å². The maximum absolute atomic E-state index is 13.0. The van der Waals surface area contributed by atoms with Crippen molar-refractivity contribution in [3.05, 3.63) is 30.3 Å². The zero-order valence-electron chi connectivity index (χ0n) is 17.6. The topological polar surface area (TPSA) is 130 Å². The molecular weight excluding hydrogens is 436 g/mol. The molecule has 3 saturated heterocycles. The van der Waals surface area contributed by atoms with Crippen molar-refractivity contribution in [1.82, 2.24) is 20.1 Å². The van der Waals surface area contributed by atoms with Crippen molar-refractivity contribution >= 4 is 38.5 Å². The number of pyridine rings is 1. The average Bonchev–Trinajstić information content (AvgIpc) is 3.27. The van der Waals surface area contributed by atoms with Crippen LogP contribution in [0.15, 0.2) is 28.9 Å². The van der Waals surface area contributed by atoms with Crippen molar-refractivity contribution in [2.45, 2.75) is 42.5 Å². The fraction of sp³-hybridized carbons (Fsp3) is 0.524. The summed E-state index contributed by atoms with van der Waals surface area (Å²) in [6.45, 7) is 0.0311. The maximum Gasteiger partial charge on any atom is 0.287 e. The van der Waals surface area contributed by atoms with Crippen LogP contribution in [-0.2, 0) is 19.4 Å². The van der Waals surface area contributed by atoms with Crippen LogP contribution in [0.1, 0.15) is 36.2 Å². The number of likely N-dealkylation sites (tertiary alicyclic amines) is 2. The maximum atomic E-state index is 13.0. The van der Waals surface area contributed by atoms with Gasteiger partial charge < -0.3 is 19.5 Å². The van der Waals surface area contributed by atoms with E-state index in [2.05, 4.69) is 10.3 Å². The third-order valence-electron chi connectivity index (χ3n) is 7.02. The van der Waals surface area contributed by atoms with Gasteiger partial charge in [-0.15, -0.1) is 0 Å². The zero-order valence-corrected chi connectivity index (χ0v) is 18.4. The first-order chi connectivity index (χ1) is 15.2. The summed E-state index contributed by atoms with van der Waals surface area (Å²) >= 11 is 0. The quantitative estimate of drug-likeness (QED) is 0.699. The summed E-state index contributed by atoms with van der Waals surface area (Å²) in [6, 6.07) is 2.03. The number of rotatable bonds is 3. The highest BCUT2D eigenvalue weighted by Gasteiger charge is 2.63. The number of carbonyl (C=O) groups is 3. The highest BCUT2D eigenvalue weighted by molar-refractivity contribution is 7.93. The fourth-order valence-corrected chi connectivity index (χ4v) is 7.32. The number of amides is 3. The lowest BCUT2D eigenvalue weighted by Gasteiger charge is -2.51. The molecule has 0 radical (unpaired) electrons. The first-order valence-corrected chi connectivity index (χ1v) is 12.3. The van der Waals surface area contributed by atoms with Crippen LogP contribution in [0.3, 0.4) is 0 Å². The zero-order chi connectivity index (χ0) is 22.7. The molecule has 11 heteroatoms. The number of nitrogens with zero attached hydrogens (tertiary/aromatic N) is 3. The highest BCUT2D eigenvalue weighted by Crippen LogP contribution is 2.41. The molecule has 0 aliphatic carbocycles.